The van der Waals surface area contributed by atoms with E-state index in [1.165, 1.54) is 10.8 Å². The molecule has 2 aromatic rings. The van der Waals surface area contributed by atoms with Crippen LogP contribution in [0.25, 0.3) is 0 Å². The first-order valence-corrected chi connectivity index (χ1v) is 7.74. The number of fused-ring (bicyclic) bond motifs is 1. The van der Waals surface area contributed by atoms with Gasteiger partial charge < -0.3 is 10.1 Å². The molecule has 0 bridgehead atoms. The Balaban J connectivity index is 1.85. The van der Waals surface area contributed by atoms with E-state index in [1.807, 2.05) is 18.2 Å². The number of amides is 1. The number of para-hydroxylation sites is 1. The van der Waals surface area contributed by atoms with Gasteiger partial charge in [-0.2, -0.15) is 0 Å². The van der Waals surface area contributed by atoms with Crippen LogP contribution < -0.4 is 10.9 Å². The van der Waals surface area contributed by atoms with Gasteiger partial charge in [-0.3, -0.25) is 14.2 Å². The number of nitrogens with one attached hydrogen (secondary N) is 1. The number of esters is 1. The molecule has 1 atom stereocenters. The SMILES string of the molecule is CCOC(=O)c1cnc2n(c1=O)CCC2C(=O)Nc1ccccc1. The van der Waals surface area contributed by atoms with Crippen molar-refractivity contribution in [2.24, 2.45) is 0 Å². The quantitative estimate of drug-likeness (QED) is 0.860. The van der Waals surface area contributed by atoms with Crippen molar-refractivity contribution in [1.29, 1.82) is 0 Å². The average Bonchev–Trinajstić information content (AvgIpc) is 3.01. The highest BCUT2D eigenvalue weighted by Crippen LogP contribution is 2.26. The lowest BCUT2D eigenvalue weighted by atomic mass is 10.1. The van der Waals surface area contributed by atoms with Crippen molar-refractivity contribution in [3.8, 4) is 0 Å². The highest BCUT2D eigenvalue weighted by Gasteiger charge is 2.32. The number of rotatable bonds is 4. The van der Waals surface area contributed by atoms with E-state index in [0.717, 1.165) is 0 Å². The molecule has 1 unspecified atom stereocenters. The van der Waals surface area contributed by atoms with E-state index in [0.29, 0.717) is 24.5 Å². The molecular weight excluding hydrogens is 310 g/mol. The zero-order valence-corrected chi connectivity index (χ0v) is 13.2. The Morgan fingerprint density at radius 2 is 2.08 bits per heavy atom. The first-order chi connectivity index (χ1) is 11.6. The van der Waals surface area contributed by atoms with Crippen LogP contribution in [0.4, 0.5) is 5.69 Å². The molecule has 124 valence electrons. The van der Waals surface area contributed by atoms with Crippen LogP contribution in [-0.2, 0) is 16.1 Å². The zero-order chi connectivity index (χ0) is 17.1. The van der Waals surface area contributed by atoms with Crippen molar-refractivity contribution >= 4 is 17.6 Å². The number of anilines is 1. The Labute approximate surface area is 138 Å². The molecule has 1 aliphatic heterocycles. The molecule has 1 aliphatic rings. The molecule has 0 spiro atoms. The summed E-state index contributed by atoms with van der Waals surface area (Å²) in [5, 5.41) is 2.82. The molecule has 0 saturated heterocycles. The molecule has 7 nitrogen and oxygen atoms in total. The van der Waals surface area contributed by atoms with Crippen molar-refractivity contribution in [3.05, 3.63) is 58.3 Å². The summed E-state index contributed by atoms with van der Waals surface area (Å²) < 4.78 is 6.23. The van der Waals surface area contributed by atoms with Crippen molar-refractivity contribution in [1.82, 2.24) is 9.55 Å². The van der Waals surface area contributed by atoms with Crippen LogP contribution in [0.1, 0.15) is 35.4 Å². The molecule has 0 saturated carbocycles. The van der Waals surface area contributed by atoms with Crippen LogP contribution in [0.15, 0.2) is 41.3 Å². The molecule has 7 heteroatoms. The van der Waals surface area contributed by atoms with Crippen LogP contribution in [0.3, 0.4) is 0 Å². The molecule has 1 aromatic carbocycles. The van der Waals surface area contributed by atoms with Gasteiger partial charge in [0.25, 0.3) is 5.56 Å². The maximum atomic E-state index is 12.5. The van der Waals surface area contributed by atoms with Crippen LogP contribution in [0, 0.1) is 0 Å². The second kappa shape index (κ2) is 6.66. The van der Waals surface area contributed by atoms with E-state index < -0.39 is 17.4 Å². The predicted molar refractivity (Wildman–Crippen MR) is 86.9 cm³/mol. The van der Waals surface area contributed by atoms with E-state index in [2.05, 4.69) is 10.3 Å². The highest BCUT2D eigenvalue weighted by molar-refractivity contribution is 5.95. The summed E-state index contributed by atoms with van der Waals surface area (Å²) in [7, 11) is 0. The molecule has 0 aliphatic carbocycles. The number of benzene rings is 1. The van der Waals surface area contributed by atoms with Crippen molar-refractivity contribution < 1.29 is 14.3 Å². The maximum absolute atomic E-state index is 12.5. The minimum atomic E-state index is -0.692. The highest BCUT2D eigenvalue weighted by atomic mass is 16.5. The number of hydrogen-bond donors (Lipinski definition) is 1. The number of carbonyl (C=O) groups excluding carboxylic acids is 2. The van der Waals surface area contributed by atoms with Crippen LogP contribution in [0.5, 0.6) is 0 Å². The Bertz CT molecular complexity index is 829. The number of ether oxygens (including phenoxy) is 1. The van der Waals surface area contributed by atoms with E-state index in [4.69, 9.17) is 4.74 Å². The molecule has 24 heavy (non-hydrogen) atoms. The van der Waals surface area contributed by atoms with Gasteiger partial charge in [0, 0.05) is 18.4 Å². The summed E-state index contributed by atoms with van der Waals surface area (Å²) in [6, 6.07) is 9.09. The van der Waals surface area contributed by atoms with Gasteiger partial charge in [-0.05, 0) is 25.5 Å². The van der Waals surface area contributed by atoms with Crippen molar-refractivity contribution in [3.63, 3.8) is 0 Å². The van der Waals surface area contributed by atoms with Gasteiger partial charge in [0.05, 0.1) is 12.5 Å². The molecule has 0 radical (unpaired) electrons. The van der Waals surface area contributed by atoms with Gasteiger partial charge in [-0.25, -0.2) is 9.78 Å². The van der Waals surface area contributed by atoms with E-state index in [1.54, 1.807) is 19.1 Å². The lowest BCUT2D eigenvalue weighted by Crippen LogP contribution is -2.29. The summed E-state index contributed by atoms with van der Waals surface area (Å²) in [6.07, 6.45) is 1.66. The van der Waals surface area contributed by atoms with Gasteiger partial charge in [-0.1, -0.05) is 18.2 Å². The Kier molecular flexibility index (Phi) is 4.41. The number of nitrogens with zero attached hydrogens (tertiary/aromatic N) is 2. The fourth-order valence-corrected chi connectivity index (χ4v) is 2.73. The van der Waals surface area contributed by atoms with Gasteiger partial charge in [-0.15, -0.1) is 0 Å². The minimum Gasteiger partial charge on any atom is -0.462 e. The van der Waals surface area contributed by atoms with Crippen molar-refractivity contribution in [2.45, 2.75) is 25.8 Å². The third kappa shape index (κ3) is 2.92. The lowest BCUT2D eigenvalue weighted by molar-refractivity contribution is -0.117. The first-order valence-electron chi connectivity index (χ1n) is 7.74. The smallest absolute Gasteiger partial charge is 0.345 e. The third-order valence-corrected chi connectivity index (χ3v) is 3.88. The summed E-state index contributed by atoms with van der Waals surface area (Å²) in [4.78, 5) is 40.8. The maximum Gasteiger partial charge on any atom is 0.345 e. The van der Waals surface area contributed by atoms with Crippen LogP contribution >= 0.6 is 0 Å². The molecule has 3 rings (SSSR count). The normalized spacial score (nSPS) is 15.6. The van der Waals surface area contributed by atoms with E-state index in [9.17, 15) is 14.4 Å². The number of hydrogen-bond acceptors (Lipinski definition) is 5. The largest absolute Gasteiger partial charge is 0.462 e. The summed E-state index contributed by atoms with van der Waals surface area (Å²) in [6.45, 7) is 2.20. The van der Waals surface area contributed by atoms with Crippen LogP contribution in [-0.4, -0.2) is 28.0 Å². The molecule has 1 N–H and O–H groups in total. The van der Waals surface area contributed by atoms with E-state index in [-0.39, 0.29) is 18.1 Å². The predicted octanol–water partition coefficient (Wildman–Crippen LogP) is 1.55. The second-order valence-corrected chi connectivity index (χ2v) is 5.40. The number of aromatic nitrogens is 2. The first kappa shape index (κ1) is 15.9. The fraction of sp³-hybridized carbons (Fsp3) is 0.294. The van der Waals surface area contributed by atoms with Gasteiger partial charge >= 0.3 is 5.97 Å². The summed E-state index contributed by atoms with van der Waals surface area (Å²) in [5.74, 6) is -1.05. The zero-order valence-electron chi connectivity index (χ0n) is 13.2. The third-order valence-electron chi connectivity index (χ3n) is 3.88. The molecule has 0 fully saturated rings. The Hall–Kier alpha value is -2.96. The lowest BCUT2D eigenvalue weighted by Gasteiger charge is -2.11. The fourth-order valence-electron chi connectivity index (χ4n) is 2.73. The van der Waals surface area contributed by atoms with E-state index >= 15 is 0 Å². The summed E-state index contributed by atoms with van der Waals surface area (Å²) >= 11 is 0. The Morgan fingerprint density at radius 1 is 1.33 bits per heavy atom. The minimum absolute atomic E-state index is 0.107. The van der Waals surface area contributed by atoms with Gasteiger partial charge in [0.15, 0.2) is 0 Å². The topological polar surface area (TPSA) is 90.3 Å². The van der Waals surface area contributed by atoms with Crippen LogP contribution in [0.2, 0.25) is 0 Å². The number of carbonyl (C=O) groups is 2. The summed E-state index contributed by atoms with van der Waals surface area (Å²) in [5.41, 5.74) is 0.115. The molecule has 2 heterocycles. The molecule has 1 aromatic heterocycles. The van der Waals surface area contributed by atoms with Crippen molar-refractivity contribution in [2.75, 3.05) is 11.9 Å². The Morgan fingerprint density at radius 3 is 2.79 bits per heavy atom. The average molecular weight is 327 g/mol. The second-order valence-electron chi connectivity index (χ2n) is 5.40. The monoisotopic (exact) mass is 327 g/mol. The van der Waals surface area contributed by atoms with Gasteiger partial charge in [0.1, 0.15) is 11.4 Å². The standard InChI is InChI=1S/C17H17N3O4/c1-2-24-17(23)13-10-18-14-12(8-9-20(14)16(13)22)15(21)19-11-6-4-3-5-7-11/h3-7,10,12H,2,8-9H2,1H3,(H,19,21). The molecular formula is C17H17N3O4. The molecule has 1 amide bonds. The van der Waals surface area contributed by atoms with Gasteiger partial charge in [0.2, 0.25) is 5.91 Å².